The Morgan fingerprint density at radius 3 is 2.56 bits per heavy atom. The predicted molar refractivity (Wildman–Crippen MR) is 131 cm³/mol. The fourth-order valence-electron chi connectivity index (χ4n) is 3.85. The molecule has 7 heteroatoms. The maximum absolute atomic E-state index is 13.4. The predicted octanol–water partition coefficient (Wildman–Crippen LogP) is 6.10. The average Bonchev–Trinajstić information content (AvgIpc) is 2.76. The zero-order valence-corrected chi connectivity index (χ0v) is 19.9. The number of rotatable bonds is 8. The van der Waals surface area contributed by atoms with Crippen molar-refractivity contribution in [2.45, 2.75) is 53.1 Å². The molecule has 2 amide bonds. The lowest BCUT2D eigenvalue weighted by molar-refractivity contribution is 0.175. The van der Waals surface area contributed by atoms with Crippen LogP contribution in [-0.4, -0.2) is 27.0 Å². The Bertz CT molecular complexity index is 1140. The molecule has 170 valence electrons. The van der Waals surface area contributed by atoms with Crippen LogP contribution in [0.5, 0.6) is 0 Å². The normalized spacial score (nSPS) is 12.2. The first-order valence-electron chi connectivity index (χ1n) is 11.2. The minimum atomic E-state index is -0.342. The van der Waals surface area contributed by atoms with Gasteiger partial charge in [0, 0.05) is 23.8 Å². The largest absolute Gasteiger partial charge is 0.322 e. The summed E-state index contributed by atoms with van der Waals surface area (Å²) < 4.78 is 1.69. The zero-order chi connectivity index (χ0) is 23.3. The number of hydrogen-bond donors (Lipinski definition) is 1. The number of carbonyl (C=O) groups is 1. The van der Waals surface area contributed by atoms with Gasteiger partial charge < -0.3 is 10.2 Å². The van der Waals surface area contributed by atoms with E-state index in [1.165, 1.54) is 0 Å². The first kappa shape index (κ1) is 23.8. The highest BCUT2D eigenvalue weighted by Crippen LogP contribution is 2.26. The average molecular weight is 455 g/mol. The van der Waals surface area contributed by atoms with E-state index in [4.69, 9.17) is 16.6 Å². The van der Waals surface area contributed by atoms with Crippen LogP contribution in [0.4, 0.5) is 10.5 Å². The molecular formula is C25H31ClN4O2. The minimum absolute atomic E-state index is 0.0781. The first-order valence-corrected chi connectivity index (χ1v) is 11.6. The first-order chi connectivity index (χ1) is 15.3. The highest BCUT2D eigenvalue weighted by Gasteiger charge is 2.28. The molecular weight excluding hydrogens is 424 g/mol. The van der Waals surface area contributed by atoms with Gasteiger partial charge in [-0.2, -0.15) is 0 Å². The van der Waals surface area contributed by atoms with Gasteiger partial charge in [0.15, 0.2) is 0 Å². The maximum atomic E-state index is 13.4. The summed E-state index contributed by atoms with van der Waals surface area (Å²) in [7, 11) is 0. The van der Waals surface area contributed by atoms with Crippen LogP contribution in [0.15, 0.2) is 53.3 Å². The molecule has 3 aromatic rings. The van der Waals surface area contributed by atoms with E-state index in [-0.39, 0.29) is 17.6 Å². The number of nitrogens with zero attached hydrogens (tertiary/aromatic N) is 3. The van der Waals surface area contributed by atoms with Crippen LogP contribution in [0, 0.1) is 5.92 Å². The van der Waals surface area contributed by atoms with Crippen molar-refractivity contribution in [3.8, 4) is 0 Å². The Balaban J connectivity index is 2.05. The number of urea groups is 1. The molecule has 0 aliphatic carbocycles. The summed E-state index contributed by atoms with van der Waals surface area (Å²) in [5.41, 5.74) is 1.20. The van der Waals surface area contributed by atoms with Crippen molar-refractivity contribution >= 4 is 34.2 Å². The SMILES string of the molecule is CCC(c1nc2ccccc2c(=O)n1CC)N(CCC(C)C)C(=O)Nc1cccc(Cl)c1. The Hall–Kier alpha value is -2.86. The molecule has 1 aromatic heterocycles. The van der Waals surface area contributed by atoms with E-state index >= 15 is 0 Å². The molecule has 0 aliphatic heterocycles. The van der Waals surface area contributed by atoms with Crippen LogP contribution in [0.2, 0.25) is 5.02 Å². The summed E-state index contributed by atoms with van der Waals surface area (Å²) in [6.07, 6.45) is 1.47. The molecule has 1 N–H and O–H groups in total. The number of carbonyl (C=O) groups excluding carboxylic acids is 1. The maximum Gasteiger partial charge on any atom is 0.322 e. The van der Waals surface area contributed by atoms with Crippen LogP contribution in [0.25, 0.3) is 10.9 Å². The van der Waals surface area contributed by atoms with Crippen LogP contribution >= 0.6 is 11.6 Å². The molecule has 6 nitrogen and oxygen atoms in total. The van der Waals surface area contributed by atoms with Gasteiger partial charge in [-0.15, -0.1) is 0 Å². The monoisotopic (exact) mass is 454 g/mol. The third-order valence-electron chi connectivity index (χ3n) is 5.55. The fourth-order valence-corrected chi connectivity index (χ4v) is 4.04. The van der Waals surface area contributed by atoms with E-state index < -0.39 is 0 Å². The molecule has 0 radical (unpaired) electrons. The number of aromatic nitrogens is 2. The smallest absolute Gasteiger partial charge is 0.314 e. The van der Waals surface area contributed by atoms with E-state index in [0.717, 1.165) is 6.42 Å². The molecule has 2 aromatic carbocycles. The number of nitrogens with one attached hydrogen (secondary N) is 1. The lowest BCUT2D eigenvalue weighted by Crippen LogP contribution is -2.41. The molecule has 32 heavy (non-hydrogen) atoms. The Kier molecular flexibility index (Phi) is 7.91. The molecule has 1 unspecified atom stereocenters. The highest BCUT2D eigenvalue weighted by atomic mass is 35.5. The summed E-state index contributed by atoms with van der Waals surface area (Å²) in [6, 6.07) is 13.9. The second kappa shape index (κ2) is 10.6. The molecule has 0 spiro atoms. The summed E-state index contributed by atoms with van der Waals surface area (Å²) >= 11 is 6.10. The lowest BCUT2D eigenvalue weighted by Gasteiger charge is -2.32. The van der Waals surface area contributed by atoms with Crippen molar-refractivity contribution in [2.75, 3.05) is 11.9 Å². The van der Waals surface area contributed by atoms with E-state index in [0.29, 0.717) is 52.9 Å². The van der Waals surface area contributed by atoms with Gasteiger partial charge in [-0.05, 0) is 56.0 Å². The number of fused-ring (bicyclic) bond motifs is 1. The topological polar surface area (TPSA) is 67.2 Å². The molecule has 1 heterocycles. The standard InChI is InChI=1S/C25H31ClN4O2/c1-5-22(23-28-21-13-8-7-12-20(21)24(31)29(23)6-2)30(15-14-17(3)4)25(32)27-19-11-9-10-18(26)16-19/h7-13,16-17,22H,5-6,14-15H2,1-4H3,(H,27,32). The number of anilines is 1. The van der Waals surface area contributed by atoms with Gasteiger partial charge >= 0.3 is 6.03 Å². The molecule has 0 saturated heterocycles. The van der Waals surface area contributed by atoms with Crippen LogP contribution in [0.1, 0.15) is 52.4 Å². The molecule has 0 saturated carbocycles. The van der Waals surface area contributed by atoms with Crippen molar-refractivity contribution in [3.05, 3.63) is 69.7 Å². The summed E-state index contributed by atoms with van der Waals surface area (Å²) in [5, 5.41) is 4.11. The number of hydrogen-bond acceptors (Lipinski definition) is 3. The summed E-state index contributed by atoms with van der Waals surface area (Å²) in [4.78, 5) is 33.2. The van der Waals surface area contributed by atoms with Gasteiger partial charge in [0.05, 0.1) is 16.9 Å². The van der Waals surface area contributed by atoms with Crippen LogP contribution in [-0.2, 0) is 6.54 Å². The number of benzene rings is 2. The van der Waals surface area contributed by atoms with E-state index in [1.54, 1.807) is 33.7 Å². The van der Waals surface area contributed by atoms with Gasteiger partial charge in [0.25, 0.3) is 5.56 Å². The van der Waals surface area contributed by atoms with Crippen LogP contribution in [0.3, 0.4) is 0 Å². The lowest BCUT2D eigenvalue weighted by atomic mass is 10.1. The van der Waals surface area contributed by atoms with Gasteiger partial charge in [-0.1, -0.05) is 50.6 Å². The molecule has 0 bridgehead atoms. The second-order valence-corrected chi connectivity index (χ2v) is 8.71. The third-order valence-corrected chi connectivity index (χ3v) is 5.79. The summed E-state index contributed by atoms with van der Waals surface area (Å²) in [5.74, 6) is 1.04. The quantitative estimate of drug-likeness (QED) is 0.447. The van der Waals surface area contributed by atoms with Gasteiger partial charge in [-0.25, -0.2) is 9.78 Å². The van der Waals surface area contributed by atoms with Crippen molar-refractivity contribution < 1.29 is 4.79 Å². The molecule has 0 fully saturated rings. The Labute approximate surface area is 194 Å². The van der Waals surface area contributed by atoms with E-state index in [9.17, 15) is 9.59 Å². The zero-order valence-electron chi connectivity index (χ0n) is 19.1. The van der Waals surface area contributed by atoms with Crippen LogP contribution < -0.4 is 10.9 Å². The van der Waals surface area contributed by atoms with Gasteiger partial charge in [0.2, 0.25) is 0 Å². The minimum Gasteiger partial charge on any atom is -0.314 e. The van der Waals surface area contributed by atoms with Crippen molar-refractivity contribution in [1.29, 1.82) is 0 Å². The van der Waals surface area contributed by atoms with Gasteiger partial charge in [-0.3, -0.25) is 9.36 Å². The number of para-hydroxylation sites is 1. The third kappa shape index (κ3) is 5.30. The van der Waals surface area contributed by atoms with Crippen molar-refractivity contribution in [3.63, 3.8) is 0 Å². The highest BCUT2D eigenvalue weighted by molar-refractivity contribution is 6.30. The van der Waals surface area contributed by atoms with Gasteiger partial charge in [0.1, 0.15) is 5.82 Å². The summed E-state index contributed by atoms with van der Waals surface area (Å²) in [6.45, 7) is 9.24. The molecule has 3 rings (SSSR count). The fraction of sp³-hybridized carbons (Fsp3) is 0.400. The van der Waals surface area contributed by atoms with Crippen molar-refractivity contribution in [2.24, 2.45) is 5.92 Å². The second-order valence-electron chi connectivity index (χ2n) is 8.28. The van der Waals surface area contributed by atoms with Crippen molar-refractivity contribution in [1.82, 2.24) is 14.5 Å². The van der Waals surface area contributed by atoms with E-state index in [1.807, 2.05) is 38.1 Å². The number of amides is 2. The molecule has 1 atom stereocenters. The number of halogens is 1. The van der Waals surface area contributed by atoms with E-state index in [2.05, 4.69) is 19.2 Å². The Morgan fingerprint density at radius 1 is 1.16 bits per heavy atom. The Morgan fingerprint density at radius 2 is 1.91 bits per heavy atom. The molecule has 0 aliphatic rings.